The summed E-state index contributed by atoms with van der Waals surface area (Å²) in [4.78, 5) is 0. The number of halogens is 2. The van der Waals surface area contributed by atoms with Gasteiger partial charge in [0, 0.05) is 11.6 Å². The Bertz CT molecular complexity index is 323. The van der Waals surface area contributed by atoms with E-state index in [0.717, 1.165) is 12.1 Å². The van der Waals surface area contributed by atoms with Gasteiger partial charge >= 0.3 is 0 Å². The quantitative estimate of drug-likeness (QED) is 0.392. The highest BCUT2D eigenvalue weighted by Crippen LogP contribution is 2.10. The van der Waals surface area contributed by atoms with Crippen LogP contribution in [0.3, 0.4) is 0 Å². The Labute approximate surface area is 68.1 Å². The molecule has 0 fully saturated rings. The number of oxime groups is 1. The van der Waals surface area contributed by atoms with Gasteiger partial charge in [0.1, 0.15) is 11.6 Å². The van der Waals surface area contributed by atoms with E-state index < -0.39 is 11.6 Å². The Morgan fingerprint density at radius 1 is 1.42 bits per heavy atom. The Hall–Kier alpha value is -1.45. The van der Waals surface area contributed by atoms with Crippen molar-refractivity contribution in [3.05, 3.63) is 35.4 Å². The first-order valence-electron chi connectivity index (χ1n) is 3.29. The summed E-state index contributed by atoms with van der Waals surface area (Å²) < 4.78 is 25.2. The van der Waals surface area contributed by atoms with Crippen molar-refractivity contribution < 1.29 is 14.0 Å². The van der Waals surface area contributed by atoms with Crippen molar-refractivity contribution in [2.45, 2.75) is 6.92 Å². The van der Waals surface area contributed by atoms with Crippen LogP contribution in [-0.2, 0) is 0 Å². The van der Waals surface area contributed by atoms with Crippen molar-refractivity contribution in [1.29, 1.82) is 0 Å². The first kappa shape index (κ1) is 8.64. The molecule has 0 aliphatic heterocycles. The lowest BCUT2D eigenvalue weighted by Crippen LogP contribution is -1.98. The molecule has 1 rings (SSSR count). The zero-order valence-electron chi connectivity index (χ0n) is 6.38. The minimum absolute atomic E-state index is 0.0962. The van der Waals surface area contributed by atoms with Gasteiger partial charge in [0.05, 0.1) is 5.71 Å². The lowest BCUT2D eigenvalue weighted by Gasteiger charge is -1.99. The third kappa shape index (κ3) is 1.58. The smallest absolute Gasteiger partial charge is 0.135 e. The SMILES string of the molecule is C/C(=N/O)c1ccc(F)cc1F. The summed E-state index contributed by atoms with van der Waals surface area (Å²) in [5, 5.41) is 11.1. The van der Waals surface area contributed by atoms with Gasteiger partial charge in [0.25, 0.3) is 0 Å². The molecule has 1 aromatic rings. The van der Waals surface area contributed by atoms with Crippen LogP contribution in [0.25, 0.3) is 0 Å². The first-order chi connectivity index (χ1) is 5.65. The van der Waals surface area contributed by atoms with E-state index in [2.05, 4.69) is 5.16 Å². The Morgan fingerprint density at radius 2 is 2.08 bits per heavy atom. The highest BCUT2D eigenvalue weighted by Gasteiger charge is 2.06. The van der Waals surface area contributed by atoms with Crippen LogP contribution in [0.5, 0.6) is 0 Å². The number of hydrogen-bond acceptors (Lipinski definition) is 2. The van der Waals surface area contributed by atoms with E-state index in [1.54, 1.807) is 0 Å². The van der Waals surface area contributed by atoms with Crippen LogP contribution in [0.4, 0.5) is 8.78 Å². The van der Waals surface area contributed by atoms with Gasteiger partial charge in [-0.3, -0.25) is 0 Å². The van der Waals surface area contributed by atoms with Crippen molar-refractivity contribution in [3.8, 4) is 0 Å². The Balaban J connectivity index is 3.18. The zero-order valence-corrected chi connectivity index (χ0v) is 6.38. The highest BCUT2D eigenvalue weighted by atomic mass is 19.1. The molecule has 0 amide bonds. The van der Waals surface area contributed by atoms with Crippen LogP contribution in [0, 0.1) is 11.6 Å². The maximum atomic E-state index is 12.9. The summed E-state index contributed by atoms with van der Waals surface area (Å²) in [7, 11) is 0. The predicted octanol–water partition coefficient (Wildman–Crippen LogP) is 2.16. The third-order valence-corrected chi connectivity index (χ3v) is 1.47. The van der Waals surface area contributed by atoms with Crippen molar-refractivity contribution >= 4 is 5.71 Å². The molecule has 1 N–H and O–H groups in total. The monoisotopic (exact) mass is 171 g/mol. The number of nitrogens with zero attached hydrogens (tertiary/aromatic N) is 1. The lowest BCUT2D eigenvalue weighted by atomic mass is 10.1. The van der Waals surface area contributed by atoms with Gasteiger partial charge in [-0.1, -0.05) is 5.16 Å². The zero-order chi connectivity index (χ0) is 9.14. The van der Waals surface area contributed by atoms with Gasteiger partial charge in [0.2, 0.25) is 0 Å². The molecule has 4 heteroatoms. The van der Waals surface area contributed by atoms with E-state index in [4.69, 9.17) is 5.21 Å². The van der Waals surface area contributed by atoms with Gasteiger partial charge in [-0.05, 0) is 19.1 Å². The summed E-state index contributed by atoms with van der Waals surface area (Å²) in [6.45, 7) is 1.43. The molecule has 12 heavy (non-hydrogen) atoms. The number of hydrogen-bond donors (Lipinski definition) is 1. The second-order valence-electron chi connectivity index (χ2n) is 2.31. The molecule has 64 valence electrons. The molecule has 0 spiro atoms. The molecule has 0 aliphatic rings. The summed E-state index contributed by atoms with van der Waals surface area (Å²) in [6, 6.07) is 3.07. The fraction of sp³-hybridized carbons (Fsp3) is 0.125. The van der Waals surface area contributed by atoms with E-state index in [0.29, 0.717) is 0 Å². The topological polar surface area (TPSA) is 32.6 Å². The van der Waals surface area contributed by atoms with E-state index >= 15 is 0 Å². The van der Waals surface area contributed by atoms with Gasteiger partial charge in [-0.25, -0.2) is 8.78 Å². The van der Waals surface area contributed by atoms with Gasteiger partial charge in [-0.2, -0.15) is 0 Å². The van der Waals surface area contributed by atoms with Crippen molar-refractivity contribution in [2.24, 2.45) is 5.16 Å². The minimum Gasteiger partial charge on any atom is -0.411 e. The number of rotatable bonds is 1. The van der Waals surface area contributed by atoms with Crippen LogP contribution >= 0.6 is 0 Å². The highest BCUT2D eigenvalue weighted by molar-refractivity contribution is 5.98. The van der Waals surface area contributed by atoms with Crippen molar-refractivity contribution in [1.82, 2.24) is 0 Å². The largest absolute Gasteiger partial charge is 0.411 e. The fourth-order valence-electron chi connectivity index (χ4n) is 0.837. The predicted molar refractivity (Wildman–Crippen MR) is 40.4 cm³/mol. The first-order valence-corrected chi connectivity index (χ1v) is 3.29. The molecule has 0 heterocycles. The summed E-state index contributed by atoms with van der Waals surface area (Å²) in [5.41, 5.74) is 0.214. The van der Waals surface area contributed by atoms with Crippen LogP contribution in [0.2, 0.25) is 0 Å². The normalized spacial score (nSPS) is 11.8. The third-order valence-electron chi connectivity index (χ3n) is 1.47. The van der Waals surface area contributed by atoms with Crippen molar-refractivity contribution in [3.63, 3.8) is 0 Å². The van der Waals surface area contributed by atoms with E-state index in [1.165, 1.54) is 13.0 Å². The second-order valence-corrected chi connectivity index (χ2v) is 2.31. The van der Waals surface area contributed by atoms with Crippen LogP contribution in [0.1, 0.15) is 12.5 Å². The molecule has 0 aromatic heterocycles. The minimum atomic E-state index is -0.731. The van der Waals surface area contributed by atoms with Gasteiger partial charge < -0.3 is 5.21 Å². The molecule has 2 nitrogen and oxygen atoms in total. The standard InChI is InChI=1S/C8H7F2NO/c1-5(11-12)7-3-2-6(9)4-8(7)10/h2-4,12H,1H3/b11-5-. The maximum Gasteiger partial charge on any atom is 0.135 e. The molecular formula is C8H7F2NO. The molecule has 0 bridgehead atoms. The summed E-state index contributed by atoms with van der Waals surface area (Å²) >= 11 is 0. The van der Waals surface area contributed by atoms with E-state index in [-0.39, 0.29) is 11.3 Å². The van der Waals surface area contributed by atoms with Gasteiger partial charge in [0.15, 0.2) is 0 Å². The van der Waals surface area contributed by atoms with Crippen LogP contribution in [-0.4, -0.2) is 10.9 Å². The average Bonchev–Trinajstić information content (AvgIpc) is 2.03. The fourth-order valence-corrected chi connectivity index (χ4v) is 0.837. The lowest BCUT2D eigenvalue weighted by molar-refractivity contribution is 0.319. The van der Waals surface area contributed by atoms with Crippen molar-refractivity contribution in [2.75, 3.05) is 0 Å². The molecule has 0 radical (unpaired) electrons. The average molecular weight is 171 g/mol. The Kier molecular flexibility index (Phi) is 2.38. The van der Waals surface area contributed by atoms with E-state index in [9.17, 15) is 8.78 Å². The molecular weight excluding hydrogens is 164 g/mol. The van der Waals surface area contributed by atoms with Crippen LogP contribution < -0.4 is 0 Å². The maximum absolute atomic E-state index is 12.9. The summed E-state index contributed by atoms with van der Waals surface area (Å²) in [6.07, 6.45) is 0. The molecule has 0 saturated heterocycles. The van der Waals surface area contributed by atoms with Gasteiger partial charge in [-0.15, -0.1) is 0 Å². The molecule has 1 aromatic carbocycles. The summed E-state index contributed by atoms with van der Waals surface area (Å²) in [5.74, 6) is -1.38. The number of benzene rings is 1. The molecule has 0 atom stereocenters. The molecule has 0 unspecified atom stereocenters. The second kappa shape index (κ2) is 3.30. The van der Waals surface area contributed by atoms with Crippen LogP contribution in [0.15, 0.2) is 23.4 Å². The molecule has 0 saturated carbocycles. The Morgan fingerprint density at radius 3 is 2.58 bits per heavy atom. The van der Waals surface area contributed by atoms with E-state index in [1.807, 2.05) is 0 Å². The molecule has 0 aliphatic carbocycles.